The van der Waals surface area contributed by atoms with Gasteiger partial charge in [-0.1, -0.05) is 80.6 Å². The van der Waals surface area contributed by atoms with Crippen LogP contribution >= 0.6 is 0 Å². The summed E-state index contributed by atoms with van der Waals surface area (Å²) in [6.45, 7) is 11.0. The second-order valence-electron chi connectivity index (χ2n) is 5.56. The molecule has 0 aromatic heterocycles. The van der Waals surface area contributed by atoms with Gasteiger partial charge in [0.25, 0.3) is 0 Å². The van der Waals surface area contributed by atoms with E-state index < -0.39 is 0 Å². The highest BCUT2D eigenvalue weighted by Crippen LogP contribution is 2.26. The quantitative estimate of drug-likeness (QED) is 0.623. The van der Waals surface area contributed by atoms with Crippen molar-refractivity contribution in [1.82, 2.24) is 4.90 Å². The monoisotopic (exact) mass is 309 g/mol. The van der Waals surface area contributed by atoms with Gasteiger partial charge in [-0.25, -0.2) is 0 Å². The van der Waals surface area contributed by atoms with Crippen LogP contribution in [0.1, 0.15) is 31.1 Å². The summed E-state index contributed by atoms with van der Waals surface area (Å²) in [5.74, 6) is 0. The van der Waals surface area contributed by atoms with Gasteiger partial charge in [-0.15, -0.1) is 6.58 Å². The lowest BCUT2D eigenvalue weighted by atomic mass is 10.0. The van der Waals surface area contributed by atoms with E-state index in [0.29, 0.717) is 6.61 Å². The van der Waals surface area contributed by atoms with Crippen molar-refractivity contribution < 1.29 is 4.74 Å². The fourth-order valence-electron chi connectivity index (χ4n) is 2.85. The molecule has 0 heterocycles. The zero-order chi connectivity index (χ0) is 16.5. The number of hydrogen-bond acceptors (Lipinski definition) is 2. The van der Waals surface area contributed by atoms with Crippen molar-refractivity contribution in [1.29, 1.82) is 0 Å². The van der Waals surface area contributed by atoms with Crippen molar-refractivity contribution in [3.05, 3.63) is 84.4 Å². The Hall–Kier alpha value is -1.90. The molecule has 2 rings (SSSR count). The van der Waals surface area contributed by atoms with Crippen LogP contribution in [0.15, 0.2) is 73.3 Å². The topological polar surface area (TPSA) is 12.5 Å². The summed E-state index contributed by atoms with van der Waals surface area (Å²) >= 11 is 0. The first-order chi connectivity index (χ1) is 11.3. The number of ether oxygens (including phenoxy) is 1. The van der Waals surface area contributed by atoms with Crippen LogP contribution in [0.25, 0.3) is 0 Å². The minimum Gasteiger partial charge on any atom is -0.367 e. The van der Waals surface area contributed by atoms with Crippen molar-refractivity contribution in [2.24, 2.45) is 0 Å². The maximum atomic E-state index is 6.34. The van der Waals surface area contributed by atoms with Crippen LogP contribution < -0.4 is 0 Å². The molecule has 0 saturated heterocycles. The molecule has 0 bridgehead atoms. The van der Waals surface area contributed by atoms with Crippen LogP contribution in [-0.2, 0) is 4.74 Å². The highest BCUT2D eigenvalue weighted by atomic mass is 16.5. The molecule has 2 aromatic rings. The van der Waals surface area contributed by atoms with Crippen molar-refractivity contribution in [3.8, 4) is 0 Å². The second-order valence-corrected chi connectivity index (χ2v) is 5.56. The van der Waals surface area contributed by atoms with Crippen LogP contribution in [-0.4, -0.2) is 30.6 Å². The zero-order valence-electron chi connectivity index (χ0n) is 14.2. The van der Waals surface area contributed by atoms with E-state index in [2.05, 4.69) is 73.9 Å². The van der Waals surface area contributed by atoms with E-state index in [9.17, 15) is 0 Å². The van der Waals surface area contributed by atoms with E-state index >= 15 is 0 Å². The van der Waals surface area contributed by atoms with Crippen molar-refractivity contribution in [3.63, 3.8) is 0 Å². The highest BCUT2D eigenvalue weighted by molar-refractivity contribution is 5.29. The van der Waals surface area contributed by atoms with E-state index in [1.54, 1.807) is 0 Å². The SMILES string of the molecule is C=C[C@@H](COC(c1ccccc1)c1ccccc1)N(CC)CC. The number of rotatable bonds is 9. The molecule has 0 spiro atoms. The van der Waals surface area contributed by atoms with E-state index in [0.717, 1.165) is 13.1 Å². The Morgan fingerprint density at radius 1 is 0.913 bits per heavy atom. The molecule has 0 aliphatic carbocycles. The fourth-order valence-corrected chi connectivity index (χ4v) is 2.85. The summed E-state index contributed by atoms with van der Waals surface area (Å²) in [4.78, 5) is 2.36. The predicted octanol–water partition coefficient (Wildman–Crippen LogP) is 4.69. The Balaban J connectivity index is 2.17. The zero-order valence-corrected chi connectivity index (χ0v) is 14.2. The van der Waals surface area contributed by atoms with E-state index in [1.165, 1.54) is 11.1 Å². The van der Waals surface area contributed by atoms with Crippen LogP contribution in [0, 0.1) is 0 Å². The number of nitrogens with zero attached hydrogens (tertiary/aromatic N) is 1. The summed E-state index contributed by atoms with van der Waals surface area (Å²) in [6.07, 6.45) is 1.94. The summed E-state index contributed by atoms with van der Waals surface area (Å²) in [5, 5.41) is 0. The third-order valence-corrected chi connectivity index (χ3v) is 4.19. The average molecular weight is 309 g/mol. The summed E-state index contributed by atoms with van der Waals surface area (Å²) in [6, 6.07) is 21.0. The Bertz CT molecular complexity index is 523. The second kappa shape index (κ2) is 9.29. The lowest BCUT2D eigenvalue weighted by Gasteiger charge is -2.29. The molecule has 1 atom stereocenters. The van der Waals surface area contributed by atoms with Gasteiger partial charge in [-0.05, 0) is 24.2 Å². The van der Waals surface area contributed by atoms with Gasteiger partial charge in [-0.3, -0.25) is 4.90 Å². The van der Waals surface area contributed by atoms with Crippen LogP contribution in [0.5, 0.6) is 0 Å². The Labute approximate surface area is 140 Å². The average Bonchev–Trinajstić information content (AvgIpc) is 2.63. The van der Waals surface area contributed by atoms with Gasteiger partial charge < -0.3 is 4.74 Å². The van der Waals surface area contributed by atoms with Crippen molar-refractivity contribution in [2.75, 3.05) is 19.7 Å². The Morgan fingerprint density at radius 3 is 1.78 bits per heavy atom. The summed E-state index contributed by atoms with van der Waals surface area (Å²) in [5.41, 5.74) is 2.36. The molecule has 0 N–H and O–H groups in total. The van der Waals surface area contributed by atoms with Gasteiger partial charge in [0, 0.05) is 0 Å². The van der Waals surface area contributed by atoms with Gasteiger partial charge in [0.15, 0.2) is 0 Å². The van der Waals surface area contributed by atoms with E-state index in [4.69, 9.17) is 4.74 Å². The smallest absolute Gasteiger partial charge is 0.108 e. The molecule has 2 nitrogen and oxygen atoms in total. The van der Waals surface area contributed by atoms with Gasteiger partial charge in [0.2, 0.25) is 0 Å². The number of benzene rings is 2. The minimum absolute atomic E-state index is 0.0459. The maximum Gasteiger partial charge on any atom is 0.108 e. The number of hydrogen-bond donors (Lipinski definition) is 0. The molecule has 0 saturated carbocycles. The van der Waals surface area contributed by atoms with Crippen LogP contribution in [0.4, 0.5) is 0 Å². The molecule has 23 heavy (non-hydrogen) atoms. The van der Waals surface area contributed by atoms with Crippen molar-refractivity contribution in [2.45, 2.75) is 26.0 Å². The molecule has 2 aromatic carbocycles. The van der Waals surface area contributed by atoms with Gasteiger partial charge in [-0.2, -0.15) is 0 Å². The first-order valence-electron chi connectivity index (χ1n) is 8.38. The molecule has 122 valence electrons. The normalized spacial score (nSPS) is 12.5. The molecule has 0 aliphatic heterocycles. The predicted molar refractivity (Wildman–Crippen MR) is 97.6 cm³/mol. The first-order valence-corrected chi connectivity index (χ1v) is 8.38. The molecule has 0 fully saturated rings. The van der Waals surface area contributed by atoms with Gasteiger partial charge in [0.1, 0.15) is 6.10 Å². The van der Waals surface area contributed by atoms with Crippen LogP contribution in [0.2, 0.25) is 0 Å². The molecule has 0 radical (unpaired) electrons. The lowest BCUT2D eigenvalue weighted by molar-refractivity contribution is 0.0420. The molecular weight excluding hydrogens is 282 g/mol. The third kappa shape index (κ3) is 4.78. The third-order valence-electron chi connectivity index (χ3n) is 4.19. The maximum absolute atomic E-state index is 6.34. The van der Waals surface area contributed by atoms with Gasteiger partial charge >= 0.3 is 0 Å². The van der Waals surface area contributed by atoms with Crippen molar-refractivity contribution >= 4 is 0 Å². The van der Waals surface area contributed by atoms with E-state index in [-0.39, 0.29) is 12.1 Å². The first kappa shape index (κ1) is 17.5. The largest absolute Gasteiger partial charge is 0.367 e. The lowest BCUT2D eigenvalue weighted by Crippen LogP contribution is -2.37. The minimum atomic E-state index is -0.0459. The highest BCUT2D eigenvalue weighted by Gasteiger charge is 2.18. The Kier molecular flexibility index (Phi) is 7.05. The molecule has 2 heteroatoms. The van der Waals surface area contributed by atoms with Gasteiger partial charge in [0.05, 0.1) is 12.6 Å². The summed E-state index contributed by atoms with van der Waals surface area (Å²) in [7, 11) is 0. The summed E-state index contributed by atoms with van der Waals surface area (Å²) < 4.78 is 6.34. The van der Waals surface area contributed by atoms with Crippen LogP contribution in [0.3, 0.4) is 0 Å². The fraction of sp³-hybridized carbons (Fsp3) is 0.333. The van der Waals surface area contributed by atoms with E-state index in [1.807, 2.05) is 18.2 Å². The molecule has 0 unspecified atom stereocenters. The molecular formula is C21H27NO. The molecule has 0 amide bonds. The number of likely N-dealkylation sites (N-methyl/N-ethyl adjacent to an activating group) is 1. The molecule has 0 aliphatic rings. The standard InChI is InChI=1S/C21H27NO/c1-4-20(22(5-2)6-3)17-23-21(18-13-9-7-10-14-18)19-15-11-8-12-16-19/h4,7-16,20-21H,1,5-6,17H2,2-3H3/t20-/m0/s1. The Morgan fingerprint density at radius 2 is 1.39 bits per heavy atom.